The van der Waals surface area contributed by atoms with Crippen LogP contribution in [-0.4, -0.2) is 11.2 Å². The maximum absolute atomic E-state index is 9.57. The predicted molar refractivity (Wildman–Crippen MR) is 60.7 cm³/mol. The Morgan fingerprint density at radius 1 is 1.50 bits per heavy atom. The number of thiophene rings is 1. The molecule has 0 aromatic carbocycles. The Morgan fingerprint density at radius 2 is 2.36 bits per heavy atom. The van der Waals surface area contributed by atoms with Gasteiger partial charge < -0.3 is 5.11 Å². The first-order valence-corrected chi connectivity index (χ1v) is 6.34. The summed E-state index contributed by atoms with van der Waals surface area (Å²) < 4.78 is 0. The summed E-state index contributed by atoms with van der Waals surface area (Å²) in [5.74, 6) is 0.716. The summed E-state index contributed by atoms with van der Waals surface area (Å²) in [6.07, 6.45) is 5.66. The molecule has 2 heteroatoms. The van der Waals surface area contributed by atoms with Crippen LogP contribution in [0.2, 0.25) is 0 Å². The van der Waals surface area contributed by atoms with E-state index >= 15 is 0 Å². The van der Waals surface area contributed by atoms with Crippen molar-refractivity contribution in [3.05, 3.63) is 21.9 Å². The van der Waals surface area contributed by atoms with Gasteiger partial charge in [-0.3, -0.25) is 0 Å². The van der Waals surface area contributed by atoms with E-state index in [9.17, 15) is 5.11 Å². The highest BCUT2D eigenvalue weighted by molar-refractivity contribution is 7.10. The smallest absolute Gasteiger partial charge is 0.0543 e. The molecule has 2 unspecified atom stereocenters. The van der Waals surface area contributed by atoms with Crippen molar-refractivity contribution in [1.82, 2.24) is 0 Å². The van der Waals surface area contributed by atoms with Gasteiger partial charge in [-0.2, -0.15) is 0 Å². The molecule has 1 aromatic heterocycles. The zero-order chi connectivity index (χ0) is 9.97. The average Bonchev–Trinajstić information content (AvgIpc) is 2.51. The number of hydrogen-bond donors (Lipinski definition) is 1. The van der Waals surface area contributed by atoms with Gasteiger partial charge in [0.25, 0.3) is 0 Å². The van der Waals surface area contributed by atoms with E-state index in [0.29, 0.717) is 5.92 Å². The number of aliphatic hydroxyl groups excluding tert-OH is 1. The minimum atomic E-state index is -0.0338. The van der Waals surface area contributed by atoms with Crippen LogP contribution in [0.3, 0.4) is 0 Å². The van der Waals surface area contributed by atoms with Crippen LogP contribution < -0.4 is 0 Å². The third kappa shape index (κ3) is 2.58. The van der Waals surface area contributed by atoms with Gasteiger partial charge in [-0.1, -0.05) is 6.42 Å². The molecule has 1 aliphatic carbocycles. The second-order valence-corrected chi connectivity index (χ2v) is 5.57. The zero-order valence-corrected chi connectivity index (χ0v) is 9.52. The van der Waals surface area contributed by atoms with Gasteiger partial charge in [0.15, 0.2) is 0 Å². The average molecular weight is 210 g/mol. The quantitative estimate of drug-likeness (QED) is 0.795. The maximum atomic E-state index is 9.57. The molecule has 1 aliphatic rings. The summed E-state index contributed by atoms with van der Waals surface area (Å²) in [6, 6.07) is 2.28. The standard InChI is InChI=1S/C12H18OS/c1-9-5-11(8-14-9)6-10-3-2-4-12(13)7-10/h5,8,10,12-13H,2-4,6-7H2,1H3. The van der Waals surface area contributed by atoms with Gasteiger partial charge in [-0.05, 0) is 55.5 Å². The Hall–Kier alpha value is -0.340. The molecule has 1 saturated carbocycles. The molecule has 0 bridgehead atoms. The molecule has 2 atom stereocenters. The molecule has 0 saturated heterocycles. The van der Waals surface area contributed by atoms with Gasteiger partial charge >= 0.3 is 0 Å². The van der Waals surface area contributed by atoms with Crippen molar-refractivity contribution in [2.75, 3.05) is 0 Å². The molecule has 1 heterocycles. The third-order valence-electron chi connectivity index (χ3n) is 3.06. The van der Waals surface area contributed by atoms with Crippen LogP contribution in [0.1, 0.15) is 36.1 Å². The SMILES string of the molecule is Cc1cc(CC2CCCC(O)C2)cs1. The fourth-order valence-corrected chi connectivity index (χ4v) is 3.11. The maximum Gasteiger partial charge on any atom is 0.0543 e. The number of rotatable bonds is 2. The zero-order valence-electron chi connectivity index (χ0n) is 8.70. The van der Waals surface area contributed by atoms with Gasteiger partial charge in [0.2, 0.25) is 0 Å². The molecule has 78 valence electrons. The van der Waals surface area contributed by atoms with Crippen LogP contribution in [0.25, 0.3) is 0 Å². The molecule has 1 aromatic rings. The minimum absolute atomic E-state index is 0.0338. The molecule has 2 rings (SSSR count). The Balaban J connectivity index is 1.90. The van der Waals surface area contributed by atoms with E-state index in [4.69, 9.17) is 0 Å². The largest absolute Gasteiger partial charge is 0.393 e. The molecule has 0 spiro atoms. The summed E-state index contributed by atoms with van der Waals surface area (Å²) in [5.41, 5.74) is 1.46. The van der Waals surface area contributed by atoms with Crippen molar-refractivity contribution in [2.24, 2.45) is 5.92 Å². The highest BCUT2D eigenvalue weighted by Gasteiger charge is 2.20. The fraction of sp³-hybridized carbons (Fsp3) is 0.667. The molecule has 1 fully saturated rings. The van der Waals surface area contributed by atoms with Crippen molar-refractivity contribution >= 4 is 11.3 Å². The van der Waals surface area contributed by atoms with E-state index < -0.39 is 0 Å². The first kappa shape index (κ1) is 10.2. The molecular formula is C12H18OS. The van der Waals surface area contributed by atoms with E-state index in [0.717, 1.165) is 12.8 Å². The Kier molecular flexibility index (Phi) is 3.24. The minimum Gasteiger partial charge on any atom is -0.393 e. The normalized spacial score (nSPS) is 27.9. The van der Waals surface area contributed by atoms with E-state index in [1.165, 1.54) is 29.7 Å². The van der Waals surface area contributed by atoms with Crippen LogP contribution in [0.5, 0.6) is 0 Å². The van der Waals surface area contributed by atoms with Gasteiger partial charge in [-0.25, -0.2) is 0 Å². The molecular weight excluding hydrogens is 192 g/mol. The van der Waals surface area contributed by atoms with Crippen molar-refractivity contribution < 1.29 is 5.11 Å². The van der Waals surface area contributed by atoms with Crippen LogP contribution in [-0.2, 0) is 6.42 Å². The van der Waals surface area contributed by atoms with Crippen molar-refractivity contribution in [1.29, 1.82) is 0 Å². The van der Waals surface area contributed by atoms with E-state index in [2.05, 4.69) is 18.4 Å². The lowest BCUT2D eigenvalue weighted by Gasteiger charge is -2.25. The molecule has 1 N–H and O–H groups in total. The lowest BCUT2D eigenvalue weighted by molar-refractivity contribution is 0.101. The summed E-state index contributed by atoms with van der Waals surface area (Å²) >= 11 is 1.83. The first-order valence-electron chi connectivity index (χ1n) is 5.46. The lowest BCUT2D eigenvalue weighted by Crippen LogP contribution is -2.20. The van der Waals surface area contributed by atoms with Crippen LogP contribution in [0, 0.1) is 12.8 Å². The highest BCUT2D eigenvalue weighted by Crippen LogP contribution is 2.28. The lowest BCUT2D eigenvalue weighted by atomic mass is 9.84. The van der Waals surface area contributed by atoms with E-state index in [1.807, 2.05) is 11.3 Å². The molecule has 0 aliphatic heterocycles. The molecule has 0 radical (unpaired) electrons. The Labute approximate surface area is 89.8 Å². The Morgan fingerprint density at radius 3 is 3.00 bits per heavy atom. The van der Waals surface area contributed by atoms with Crippen molar-refractivity contribution in [3.63, 3.8) is 0 Å². The van der Waals surface area contributed by atoms with Crippen LogP contribution in [0.4, 0.5) is 0 Å². The van der Waals surface area contributed by atoms with E-state index in [-0.39, 0.29) is 6.10 Å². The van der Waals surface area contributed by atoms with E-state index in [1.54, 1.807) is 0 Å². The fourth-order valence-electron chi connectivity index (χ4n) is 2.39. The summed E-state index contributed by atoms with van der Waals surface area (Å²) in [7, 11) is 0. The molecule has 0 amide bonds. The van der Waals surface area contributed by atoms with Gasteiger partial charge in [-0.15, -0.1) is 11.3 Å². The highest BCUT2D eigenvalue weighted by atomic mass is 32.1. The topological polar surface area (TPSA) is 20.2 Å². The summed E-state index contributed by atoms with van der Waals surface area (Å²) in [5, 5.41) is 11.8. The second-order valence-electron chi connectivity index (χ2n) is 4.46. The van der Waals surface area contributed by atoms with Gasteiger partial charge in [0, 0.05) is 4.88 Å². The number of aliphatic hydroxyl groups is 1. The first-order chi connectivity index (χ1) is 6.74. The van der Waals surface area contributed by atoms with Crippen LogP contribution >= 0.6 is 11.3 Å². The van der Waals surface area contributed by atoms with Gasteiger partial charge in [0.05, 0.1) is 6.10 Å². The molecule has 1 nitrogen and oxygen atoms in total. The predicted octanol–water partition coefficient (Wildman–Crippen LogP) is 3.15. The van der Waals surface area contributed by atoms with Crippen molar-refractivity contribution in [2.45, 2.75) is 45.1 Å². The van der Waals surface area contributed by atoms with Crippen LogP contribution in [0.15, 0.2) is 11.4 Å². The second kappa shape index (κ2) is 4.45. The third-order valence-corrected chi connectivity index (χ3v) is 3.97. The number of hydrogen-bond acceptors (Lipinski definition) is 2. The van der Waals surface area contributed by atoms with Crippen molar-refractivity contribution in [3.8, 4) is 0 Å². The number of aryl methyl sites for hydroxylation is 1. The summed E-state index contributed by atoms with van der Waals surface area (Å²) in [6.45, 7) is 2.16. The van der Waals surface area contributed by atoms with Gasteiger partial charge in [0.1, 0.15) is 0 Å². The summed E-state index contributed by atoms with van der Waals surface area (Å²) in [4.78, 5) is 1.40. The monoisotopic (exact) mass is 210 g/mol. The molecule has 14 heavy (non-hydrogen) atoms. The Bertz CT molecular complexity index is 292.